The molecular weight excluding hydrogens is 88.1 g/mol. The Morgan fingerprint density at radius 3 is 2.29 bits per heavy atom. The van der Waals surface area contributed by atoms with Crippen LogP contribution in [0.3, 0.4) is 0 Å². The van der Waals surface area contributed by atoms with Crippen LogP contribution in [0, 0.1) is 0 Å². The van der Waals surface area contributed by atoms with E-state index in [2.05, 4.69) is 6.58 Å². The van der Waals surface area contributed by atoms with Gasteiger partial charge in [0, 0.05) is 0 Å². The van der Waals surface area contributed by atoms with Gasteiger partial charge in [-0.05, 0) is 6.08 Å². The Kier molecular flexibility index (Phi) is 4.32. The zero-order valence-electron chi connectivity index (χ0n) is 4.04. The summed E-state index contributed by atoms with van der Waals surface area (Å²) in [6.45, 7) is 3.43. The van der Waals surface area contributed by atoms with E-state index in [4.69, 9.17) is 5.11 Å². The first-order valence-electron chi connectivity index (χ1n) is 2.00. The van der Waals surface area contributed by atoms with Crippen molar-refractivity contribution in [3.05, 3.63) is 37.1 Å². The summed E-state index contributed by atoms with van der Waals surface area (Å²) in [6.07, 6.45) is 7.54. The third-order valence-electron chi connectivity index (χ3n) is 0.444. The van der Waals surface area contributed by atoms with Gasteiger partial charge in [-0.1, -0.05) is 24.8 Å². The van der Waals surface area contributed by atoms with Crippen molar-refractivity contribution in [2.45, 2.75) is 0 Å². The first-order chi connectivity index (χ1) is 3.41. The third kappa shape index (κ3) is 5.02. The normalized spacial score (nSPS) is 10.9. The predicted molar refractivity (Wildman–Crippen MR) is 31.1 cm³/mol. The summed E-state index contributed by atoms with van der Waals surface area (Å²) in [7, 11) is 0. The maximum absolute atomic E-state index is 8.03. The van der Waals surface area contributed by atoms with Gasteiger partial charge in [-0.25, -0.2) is 0 Å². The van der Waals surface area contributed by atoms with Crippen LogP contribution in [-0.4, -0.2) is 5.11 Å². The van der Waals surface area contributed by atoms with Crippen LogP contribution in [-0.2, 0) is 0 Å². The van der Waals surface area contributed by atoms with Crippen molar-refractivity contribution in [3.8, 4) is 0 Å². The monoisotopic (exact) mass is 96.1 g/mol. The van der Waals surface area contributed by atoms with Crippen molar-refractivity contribution in [2.75, 3.05) is 0 Å². The standard InChI is InChI=1S/C6H8O/c1-2-3-4-5-6-7/h2-7H,1H2/b4-3-,6-5+. The van der Waals surface area contributed by atoms with Crippen LogP contribution >= 0.6 is 0 Å². The molecule has 0 atom stereocenters. The minimum atomic E-state index is 0.972. The summed E-state index contributed by atoms with van der Waals surface area (Å²) in [4.78, 5) is 0. The first-order valence-corrected chi connectivity index (χ1v) is 2.00. The summed E-state index contributed by atoms with van der Waals surface area (Å²) >= 11 is 0. The van der Waals surface area contributed by atoms with E-state index in [1.165, 1.54) is 6.08 Å². The lowest BCUT2D eigenvalue weighted by Gasteiger charge is -1.65. The number of allylic oxidation sites excluding steroid dienone is 4. The lowest BCUT2D eigenvalue weighted by molar-refractivity contribution is 0.474. The van der Waals surface area contributed by atoms with Crippen LogP contribution in [0.4, 0.5) is 0 Å². The topological polar surface area (TPSA) is 20.2 Å². The lowest BCUT2D eigenvalue weighted by atomic mass is 10.5. The molecular formula is C6H8O. The first kappa shape index (κ1) is 6.02. The third-order valence-corrected chi connectivity index (χ3v) is 0.444. The summed E-state index contributed by atoms with van der Waals surface area (Å²) in [5.41, 5.74) is 0. The maximum atomic E-state index is 8.03. The number of aliphatic hydroxyl groups is 1. The number of aliphatic hydroxyl groups excluding tert-OH is 1. The molecule has 0 saturated heterocycles. The van der Waals surface area contributed by atoms with E-state index in [1.54, 1.807) is 18.2 Å². The van der Waals surface area contributed by atoms with E-state index in [0.717, 1.165) is 6.26 Å². The predicted octanol–water partition coefficient (Wildman–Crippen LogP) is 1.80. The number of hydrogen-bond donors (Lipinski definition) is 1. The lowest BCUT2D eigenvalue weighted by Crippen LogP contribution is -1.46. The highest BCUT2D eigenvalue weighted by molar-refractivity contribution is 5.06. The van der Waals surface area contributed by atoms with Crippen LogP contribution in [0.1, 0.15) is 0 Å². The Labute approximate surface area is 43.3 Å². The molecule has 0 aliphatic heterocycles. The summed E-state index contributed by atoms with van der Waals surface area (Å²) < 4.78 is 0. The molecule has 0 unspecified atom stereocenters. The van der Waals surface area contributed by atoms with E-state index in [1.807, 2.05) is 0 Å². The highest BCUT2D eigenvalue weighted by Gasteiger charge is 1.53. The van der Waals surface area contributed by atoms with E-state index < -0.39 is 0 Å². The molecule has 0 aromatic rings. The fourth-order valence-corrected chi connectivity index (χ4v) is 0.192. The molecule has 0 rings (SSSR count). The van der Waals surface area contributed by atoms with Crippen LogP contribution < -0.4 is 0 Å². The van der Waals surface area contributed by atoms with Gasteiger partial charge in [0.15, 0.2) is 0 Å². The average molecular weight is 96.1 g/mol. The molecule has 0 spiro atoms. The maximum Gasteiger partial charge on any atom is 0.0791 e. The van der Waals surface area contributed by atoms with Crippen molar-refractivity contribution < 1.29 is 5.11 Å². The molecule has 0 aromatic carbocycles. The van der Waals surface area contributed by atoms with Crippen LogP contribution in [0.5, 0.6) is 0 Å². The van der Waals surface area contributed by atoms with Crippen molar-refractivity contribution in [2.24, 2.45) is 0 Å². The van der Waals surface area contributed by atoms with Crippen molar-refractivity contribution in [1.29, 1.82) is 0 Å². The van der Waals surface area contributed by atoms with Gasteiger partial charge in [-0.2, -0.15) is 0 Å². The molecule has 0 fully saturated rings. The zero-order chi connectivity index (χ0) is 5.54. The molecule has 1 N–H and O–H groups in total. The summed E-state index contributed by atoms with van der Waals surface area (Å²) in [5, 5.41) is 8.03. The van der Waals surface area contributed by atoms with E-state index in [-0.39, 0.29) is 0 Å². The fraction of sp³-hybridized carbons (Fsp3) is 0. The second-order valence-electron chi connectivity index (χ2n) is 0.962. The minimum absolute atomic E-state index is 0.972. The highest BCUT2D eigenvalue weighted by atomic mass is 16.2. The molecule has 38 valence electrons. The fourth-order valence-electron chi connectivity index (χ4n) is 0.192. The van der Waals surface area contributed by atoms with Crippen LogP contribution in [0.25, 0.3) is 0 Å². The number of rotatable bonds is 2. The molecule has 1 heteroatoms. The van der Waals surface area contributed by atoms with Crippen molar-refractivity contribution in [1.82, 2.24) is 0 Å². The zero-order valence-corrected chi connectivity index (χ0v) is 4.04. The Balaban J connectivity index is 3.27. The quantitative estimate of drug-likeness (QED) is 0.410. The van der Waals surface area contributed by atoms with Crippen molar-refractivity contribution in [3.63, 3.8) is 0 Å². The van der Waals surface area contributed by atoms with E-state index >= 15 is 0 Å². The molecule has 0 heterocycles. The summed E-state index contributed by atoms with van der Waals surface area (Å²) in [5.74, 6) is 0. The van der Waals surface area contributed by atoms with Gasteiger partial charge in [0.05, 0.1) is 6.26 Å². The number of hydrogen-bond acceptors (Lipinski definition) is 1. The van der Waals surface area contributed by atoms with Gasteiger partial charge in [0.2, 0.25) is 0 Å². The molecule has 0 aromatic heterocycles. The molecule has 0 bridgehead atoms. The second-order valence-corrected chi connectivity index (χ2v) is 0.962. The minimum Gasteiger partial charge on any atom is -0.516 e. The van der Waals surface area contributed by atoms with Crippen LogP contribution in [0.2, 0.25) is 0 Å². The van der Waals surface area contributed by atoms with Gasteiger partial charge in [0.1, 0.15) is 0 Å². The van der Waals surface area contributed by atoms with Crippen molar-refractivity contribution >= 4 is 0 Å². The molecule has 1 nitrogen and oxygen atoms in total. The molecule has 0 amide bonds. The van der Waals surface area contributed by atoms with Gasteiger partial charge in [0.25, 0.3) is 0 Å². The van der Waals surface area contributed by atoms with Gasteiger partial charge >= 0.3 is 0 Å². The van der Waals surface area contributed by atoms with E-state index in [9.17, 15) is 0 Å². The second kappa shape index (κ2) is 5.02. The van der Waals surface area contributed by atoms with Gasteiger partial charge in [-0.3, -0.25) is 0 Å². The molecule has 0 saturated carbocycles. The Morgan fingerprint density at radius 1 is 1.14 bits per heavy atom. The van der Waals surface area contributed by atoms with Crippen LogP contribution in [0.15, 0.2) is 37.1 Å². The molecule has 0 aliphatic rings. The SMILES string of the molecule is C=C/C=C\C=C\O. The largest absolute Gasteiger partial charge is 0.516 e. The smallest absolute Gasteiger partial charge is 0.0791 e. The molecule has 0 aliphatic carbocycles. The van der Waals surface area contributed by atoms with E-state index in [0.29, 0.717) is 0 Å². The molecule has 7 heavy (non-hydrogen) atoms. The Bertz CT molecular complexity index is 90.4. The van der Waals surface area contributed by atoms with Gasteiger partial charge < -0.3 is 5.11 Å². The van der Waals surface area contributed by atoms with Gasteiger partial charge in [-0.15, -0.1) is 0 Å². The Hall–Kier alpha value is -0.980. The highest BCUT2D eigenvalue weighted by Crippen LogP contribution is 1.72. The Morgan fingerprint density at radius 2 is 1.86 bits per heavy atom. The average Bonchev–Trinajstić information content (AvgIpc) is 1.69. The summed E-state index contributed by atoms with van der Waals surface area (Å²) in [6, 6.07) is 0. The molecule has 0 radical (unpaired) electrons.